The summed E-state index contributed by atoms with van der Waals surface area (Å²) in [6, 6.07) is -0.615. The van der Waals surface area contributed by atoms with Gasteiger partial charge in [0.05, 0.1) is 49.7 Å². The highest BCUT2D eigenvalue weighted by atomic mass is 19.1. The normalized spacial score (nSPS) is 29.0. The number of aliphatic imine (C=N–C) groups is 2. The van der Waals surface area contributed by atoms with E-state index in [1.807, 2.05) is 63.9 Å². The van der Waals surface area contributed by atoms with Gasteiger partial charge >= 0.3 is 0 Å². The van der Waals surface area contributed by atoms with E-state index in [-0.39, 0.29) is 36.3 Å². The number of aliphatic hydroxyl groups excluding tert-OH is 2. The van der Waals surface area contributed by atoms with Crippen molar-refractivity contribution in [2.75, 3.05) is 27.3 Å². The van der Waals surface area contributed by atoms with Crippen LogP contribution >= 0.6 is 0 Å². The third-order valence-electron chi connectivity index (χ3n) is 7.81. The summed E-state index contributed by atoms with van der Waals surface area (Å²) in [5.41, 5.74) is 1.13. The van der Waals surface area contributed by atoms with Crippen molar-refractivity contribution >= 4 is 18.1 Å². The lowest BCUT2D eigenvalue weighted by molar-refractivity contribution is -0.127. The second-order valence-electron chi connectivity index (χ2n) is 10.8. The zero-order valence-electron chi connectivity index (χ0n) is 26.2. The number of amides is 1. The molecule has 42 heavy (non-hydrogen) atoms. The third-order valence-corrected chi connectivity index (χ3v) is 7.81. The van der Waals surface area contributed by atoms with E-state index in [0.717, 1.165) is 37.1 Å². The van der Waals surface area contributed by atoms with Gasteiger partial charge in [0.15, 0.2) is 0 Å². The highest BCUT2D eigenvalue weighted by molar-refractivity contribution is 5.96. The average molecular weight is 588 g/mol. The first-order valence-corrected chi connectivity index (χ1v) is 14.9. The Bertz CT molecular complexity index is 1120. The van der Waals surface area contributed by atoms with Crippen LogP contribution in [0.5, 0.6) is 0 Å². The Morgan fingerprint density at radius 3 is 2.62 bits per heavy atom. The predicted molar refractivity (Wildman–Crippen MR) is 168 cm³/mol. The minimum absolute atomic E-state index is 0.0116. The van der Waals surface area contributed by atoms with E-state index in [2.05, 4.69) is 20.6 Å². The second-order valence-corrected chi connectivity index (χ2v) is 10.8. The van der Waals surface area contributed by atoms with Crippen LogP contribution in [-0.2, 0) is 9.53 Å². The number of carbonyl (C=O) groups excluding carboxylic acids is 1. The summed E-state index contributed by atoms with van der Waals surface area (Å²) in [6.45, 7) is 10.2. The molecule has 0 spiro atoms. The van der Waals surface area contributed by atoms with Gasteiger partial charge in [0.2, 0.25) is 5.91 Å². The first kappa shape index (κ1) is 35.1. The molecule has 1 amide bonds. The topological polar surface area (TPSA) is 119 Å². The fourth-order valence-electron chi connectivity index (χ4n) is 5.24. The molecule has 2 aliphatic carbocycles. The fourth-order valence-corrected chi connectivity index (χ4v) is 5.24. The number of hydrogen-bond acceptors (Lipinski definition) is 7. The van der Waals surface area contributed by atoms with E-state index in [0.29, 0.717) is 24.4 Å². The summed E-state index contributed by atoms with van der Waals surface area (Å²) in [7, 11) is 3.48. The summed E-state index contributed by atoms with van der Waals surface area (Å²) in [5, 5.41) is 25.1. The minimum Gasteiger partial charge on any atom is -0.497 e. The minimum atomic E-state index is -0.413. The van der Waals surface area contributed by atoms with E-state index < -0.39 is 11.6 Å². The number of hydrogen-bond donors (Lipinski definition) is 4. The third kappa shape index (κ3) is 9.74. The smallest absolute Gasteiger partial charge is 0.237 e. The molecule has 2 fully saturated rings. The number of rotatable bonds is 6. The van der Waals surface area contributed by atoms with E-state index in [1.54, 1.807) is 26.4 Å². The van der Waals surface area contributed by atoms with Crippen LogP contribution in [-0.4, -0.2) is 84.2 Å². The number of carbonyl (C=O) groups is 1. The van der Waals surface area contributed by atoms with E-state index in [1.165, 1.54) is 6.08 Å². The molecule has 2 aliphatic heterocycles. The first-order valence-electron chi connectivity index (χ1n) is 14.9. The van der Waals surface area contributed by atoms with Crippen LogP contribution in [0.25, 0.3) is 0 Å². The van der Waals surface area contributed by atoms with Crippen LogP contribution in [0.3, 0.4) is 0 Å². The molecule has 3 unspecified atom stereocenters. The monoisotopic (exact) mass is 587 g/mol. The summed E-state index contributed by atoms with van der Waals surface area (Å²) in [4.78, 5) is 22.9. The predicted octanol–water partition coefficient (Wildman–Crippen LogP) is 4.32. The molecule has 4 aliphatic rings. The zero-order valence-corrected chi connectivity index (χ0v) is 26.2. The maximum atomic E-state index is 13.9. The van der Waals surface area contributed by atoms with Crippen LogP contribution in [0.2, 0.25) is 0 Å². The van der Waals surface area contributed by atoms with Crippen LogP contribution < -0.4 is 10.6 Å². The van der Waals surface area contributed by atoms with Crippen molar-refractivity contribution in [1.82, 2.24) is 15.5 Å². The SMILES string of the molecule is C/C=C(\C=C1\NC=NC(=NC2C=CC=C(C)C(F)=C2)C1C)OC.CC.CN1CC(O)C[C@@H]1C(=O)NC1(CO)CCCC1. The van der Waals surface area contributed by atoms with Crippen molar-refractivity contribution in [3.8, 4) is 0 Å². The molecule has 1 saturated heterocycles. The van der Waals surface area contributed by atoms with Gasteiger partial charge in [-0.2, -0.15) is 0 Å². The first-order chi connectivity index (χ1) is 20.1. The molecule has 9 nitrogen and oxygen atoms in total. The van der Waals surface area contributed by atoms with E-state index in [4.69, 9.17) is 4.74 Å². The van der Waals surface area contributed by atoms with Crippen LogP contribution in [0, 0.1) is 5.92 Å². The standard InChI is InChI=1S/C18H22FN3O.C12H22N2O3.C2H6/c1-5-15(23-4)10-17-13(3)18(21-11-20-17)22-14-8-6-7-12(2)16(19)9-14;1-14-7-9(16)6-10(14)11(17)13-12(8-15)4-2-3-5-12;1-2/h5-11,13-14H,1-4H3,(H,20,21,22);9-10,15-16H,2-8H2,1H3,(H,13,17);1-2H3/b15-5+,17-10+;;/t;9?,10-;/m.1./s1. The summed E-state index contributed by atoms with van der Waals surface area (Å²) in [6.07, 6.45) is 16.2. The molecule has 0 radical (unpaired) electrons. The molecule has 0 aromatic carbocycles. The Hall–Kier alpha value is -3.08. The molecule has 1 saturated carbocycles. The number of likely N-dealkylation sites (N-methyl/N-ethyl adjacent to an activating group) is 1. The number of β-amino-alcohol motifs (C(OH)–C–C–N with tert-alkyl or cyclic N) is 1. The molecule has 4 atom stereocenters. The van der Waals surface area contributed by atoms with Crippen molar-refractivity contribution in [3.63, 3.8) is 0 Å². The fraction of sp³-hybridized carbons (Fsp3) is 0.594. The molecule has 4 rings (SSSR count). The van der Waals surface area contributed by atoms with E-state index >= 15 is 0 Å². The number of nitrogens with zero attached hydrogens (tertiary/aromatic N) is 3. The molecule has 4 N–H and O–H groups in total. The van der Waals surface area contributed by atoms with Crippen LogP contribution in [0.15, 0.2) is 69.3 Å². The van der Waals surface area contributed by atoms with E-state index in [9.17, 15) is 19.4 Å². The summed E-state index contributed by atoms with van der Waals surface area (Å²) >= 11 is 0. The second kappa shape index (κ2) is 17.1. The Morgan fingerprint density at radius 2 is 2.05 bits per heavy atom. The van der Waals surface area contributed by atoms with Gasteiger partial charge in [0.25, 0.3) is 0 Å². The highest BCUT2D eigenvalue weighted by Gasteiger charge is 2.39. The quantitative estimate of drug-likeness (QED) is 0.344. The van der Waals surface area contributed by atoms with Gasteiger partial charge in [-0.15, -0.1) is 0 Å². The number of ether oxygens (including phenoxy) is 1. The zero-order chi connectivity index (χ0) is 31.3. The molecule has 0 aromatic rings. The maximum Gasteiger partial charge on any atom is 0.237 e. The number of amidine groups is 1. The highest BCUT2D eigenvalue weighted by Crippen LogP contribution is 2.30. The number of allylic oxidation sites excluding steroid dienone is 6. The van der Waals surface area contributed by atoms with Gasteiger partial charge in [0, 0.05) is 12.2 Å². The molecule has 2 heterocycles. The number of likely N-dealkylation sites (tertiary alicyclic amines) is 1. The van der Waals surface area contributed by atoms with Gasteiger partial charge in [-0.3, -0.25) is 14.7 Å². The molecule has 0 aromatic heterocycles. The molecule has 10 heteroatoms. The Kier molecular flexibility index (Phi) is 14.3. The lowest BCUT2D eigenvalue weighted by Gasteiger charge is -2.30. The summed E-state index contributed by atoms with van der Waals surface area (Å²) in [5.74, 6) is 1.07. The van der Waals surface area contributed by atoms with Crippen molar-refractivity contribution in [2.24, 2.45) is 15.9 Å². The van der Waals surface area contributed by atoms with Gasteiger partial charge in [-0.1, -0.05) is 44.9 Å². The van der Waals surface area contributed by atoms with Crippen LogP contribution in [0.1, 0.15) is 66.7 Å². The molecule has 234 valence electrons. The Balaban J connectivity index is 0.000000288. The van der Waals surface area contributed by atoms with Crippen LogP contribution in [0.4, 0.5) is 4.39 Å². The van der Waals surface area contributed by atoms with Crippen molar-refractivity contribution in [2.45, 2.75) is 90.4 Å². The number of nitrogens with one attached hydrogen (secondary N) is 2. The van der Waals surface area contributed by atoms with Crippen molar-refractivity contribution in [1.29, 1.82) is 0 Å². The van der Waals surface area contributed by atoms with Gasteiger partial charge in [0.1, 0.15) is 17.4 Å². The van der Waals surface area contributed by atoms with Crippen molar-refractivity contribution in [3.05, 3.63) is 59.3 Å². The largest absolute Gasteiger partial charge is 0.497 e. The lowest BCUT2D eigenvalue weighted by Crippen LogP contribution is -2.54. The number of aliphatic hydroxyl groups is 2. The number of methoxy groups -OCH3 is 1. The van der Waals surface area contributed by atoms with Crippen molar-refractivity contribution < 1.29 is 24.1 Å². The Labute approximate surface area is 250 Å². The maximum absolute atomic E-state index is 13.9. The molecule has 0 bridgehead atoms. The molecular formula is C32H50FN5O4. The van der Waals surface area contributed by atoms with Gasteiger partial charge < -0.3 is 25.6 Å². The lowest BCUT2D eigenvalue weighted by atomic mass is 9.98. The molecular weight excluding hydrogens is 537 g/mol. The van der Waals surface area contributed by atoms with Gasteiger partial charge in [-0.25, -0.2) is 9.38 Å². The average Bonchev–Trinajstić information content (AvgIpc) is 3.55. The summed E-state index contributed by atoms with van der Waals surface area (Å²) < 4.78 is 19.1. The van der Waals surface area contributed by atoms with Gasteiger partial charge in [-0.05, 0) is 70.9 Å². The Morgan fingerprint density at radius 1 is 1.36 bits per heavy atom. The number of halogens is 1.